The Bertz CT molecular complexity index is 1840. The first-order valence-electron chi connectivity index (χ1n) is 14.8. The molecule has 43 heavy (non-hydrogen) atoms. The fourth-order valence-corrected chi connectivity index (χ4v) is 7.38. The number of aliphatic carboxylic acids is 1. The van der Waals surface area contributed by atoms with Crippen molar-refractivity contribution in [3.63, 3.8) is 0 Å². The first-order valence-corrected chi connectivity index (χ1v) is 16.0. The highest BCUT2D eigenvalue weighted by atomic mass is 35.5. The largest absolute Gasteiger partial charge is 0.479 e. The topological polar surface area (TPSA) is 80.5 Å². The van der Waals surface area contributed by atoms with Gasteiger partial charge in [-0.15, -0.1) is 11.3 Å². The third kappa shape index (κ3) is 5.64. The molecule has 2 aromatic heterocycles. The molecule has 0 amide bonds. The number of carboxylic acids is 1. The zero-order valence-corrected chi connectivity index (χ0v) is 27.0. The number of hydrogen-bond donors (Lipinski definition) is 1. The predicted octanol–water partition coefficient (Wildman–Crippen LogP) is 8.66. The second-order valence-corrected chi connectivity index (χ2v) is 13.9. The van der Waals surface area contributed by atoms with Gasteiger partial charge in [-0.05, 0) is 87.6 Å². The highest BCUT2D eigenvalue weighted by Gasteiger charge is 2.32. The van der Waals surface area contributed by atoms with Gasteiger partial charge in [-0.25, -0.2) is 9.78 Å². The molecule has 6 rings (SSSR count). The number of carboxylic acid groups (broad SMARTS) is 1. The summed E-state index contributed by atoms with van der Waals surface area (Å²) in [7, 11) is 2.00. The normalized spacial score (nSPS) is 16.4. The Morgan fingerprint density at radius 1 is 1.16 bits per heavy atom. The van der Waals surface area contributed by atoms with Crippen LogP contribution in [0.1, 0.15) is 57.8 Å². The van der Waals surface area contributed by atoms with Crippen LogP contribution in [0, 0.1) is 12.8 Å². The van der Waals surface area contributed by atoms with Crippen LogP contribution in [0.5, 0.6) is 0 Å². The second kappa shape index (κ2) is 11.2. The molecule has 0 aliphatic carbocycles. The Morgan fingerprint density at radius 2 is 1.88 bits per heavy atom. The molecule has 2 atom stereocenters. The molecule has 1 aliphatic heterocycles. The number of ether oxygens (including phenoxy) is 1. The summed E-state index contributed by atoms with van der Waals surface area (Å²) in [5, 5.41) is 17.9. The second-order valence-electron chi connectivity index (χ2n) is 12.5. The van der Waals surface area contributed by atoms with Gasteiger partial charge in [0.2, 0.25) is 0 Å². The van der Waals surface area contributed by atoms with Crippen molar-refractivity contribution < 1.29 is 14.6 Å². The molecule has 1 fully saturated rings. The molecule has 1 aliphatic rings. The summed E-state index contributed by atoms with van der Waals surface area (Å²) in [5.74, 6) is 0.698. The molecule has 3 aromatic carbocycles. The Hall–Kier alpha value is -3.46. The van der Waals surface area contributed by atoms with Crippen LogP contribution in [0.15, 0.2) is 48.5 Å². The van der Waals surface area contributed by atoms with Crippen LogP contribution in [0.4, 0.5) is 5.82 Å². The molecule has 1 saturated heterocycles. The molecule has 0 spiro atoms. The Kier molecular flexibility index (Phi) is 7.73. The van der Waals surface area contributed by atoms with Gasteiger partial charge in [0.05, 0.1) is 21.3 Å². The third-order valence-corrected chi connectivity index (χ3v) is 9.65. The van der Waals surface area contributed by atoms with E-state index < -0.39 is 17.7 Å². The minimum atomic E-state index is -1.15. The smallest absolute Gasteiger partial charge is 0.337 e. The van der Waals surface area contributed by atoms with Crippen LogP contribution in [0.3, 0.4) is 0 Å². The van der Waals surface area contributed by atoms with E-state index in [-0.39, 0.29) is 0 Å². The third-order valence-electron chi connectivity index (χ3n) is 8.26. The lowest BCUT2D eigenvalue weighted by molar-refractivity contribution is -0.160. The maximum Gasteiger partial charge on any atom is 0.337 e. The molecular formula is C34H37ClN4O3S. The van der Waals surface area contributed by atoms with Crippen LogP contribution < -0.4 is 4.90 Å². The first kappa shape index (κ1) is 29.6. The highest BCUT2D eigenvalue weighted by Crippen LogP contribution is 2.45. The van der Waals surface area contributed by atoms with Crippen molar-refractivity contribution in [2.75, 3.05) is 18.0 Å². The molecule has 7 nitrogen and oxygen atoms in total. The highest BCUT2D eigenvalue weighted by molar-refractivity contribution is 7.22. The number of carbonyl (C=O) groups is 1. The fraction of sp³-hybridized carbons (Fsp3) is 0.382. The van der Waals surface area contributed by atoms with Crippen molar-refractivity contribution in [1.29, 1.82) is 0 Å². The van der Waals surface area contributed by atoms with Crippen molar-refractivity contribution in [2.24, 2.45) is 13.0 Å². The lowest BCUT2D eigenvalue weighted by Crippen LogP contribution is -2.28. The monoisotopic (exact) mass is 616 g/mol. The van der Waals surface area contributed by atoms with E-state index in [9.17, 15) is 9.90 Å². The summed E-state index contributed by atoms with van der Waals surface area (Å²) in [5.41, 5.74) is 5.40. The average Bonchev–Trinajstić information content (AvgIpc) is 3.68. The number of anilines is 1. The maximum absolute atomic E-state index is 12.7. The van der Waals surface area contributed by atoms with E-state index >= 15 is 0 Å². The molecule has 224 valence electrons. The number of fused-ring (bicyclic) bond motifs is 2. The number of aromatic nitrogens is 3. The summed E-state index contributed by atoms with van der Waals surface area (Å²) in [4.78, 5) is 20.2. The van der Waals surface area contributed by atoms with Gasteiger partial charge < -0.3 is 14.7 Å². The van der Waals surface area contributed by atoms with Gasteiger partial charge in [-0.2, -0.15) is 5.10 Å². The number of aryl methyl sites for hydroxylation is 2. The number of hydrogen-bond acceptors (Lipinski definition) is 6. The van der Waals surface area contributed by atoms with Crippen molar-refractivity contribution in [1.82, 2.24) is 14.8 Å². The van der Waals surface area contributed by atoms with E-state index in [4.69, 9.17) is 26.4 Å². The van der Waals surface area contributed by atoms with Crippen molar-refractivity contribution >= 4 is 55.8 Å². The van der Waals surface area contributed by atoms with Gasteiger partial charge in [-0.1, -0.05) is 37.1 Å². The van der Waals surface area contributed by atoms with Crippen LogP contribution in [-0.2, 0) is 16.6 Å². The lowest BCUT2D eigenvalue weighted by Gasteiger charge is -2.28. The minimum Gasteiger partial charge on any atom is -0.479 e. The average molecular weight is 617 g/mol. The fourth-order valence-electron chi connectivity index (χ4n) is 6.13. The van der Waals surface area contributed by atoms with Crippen LogP contribution in [0.2, 0.25) is 5.02 Å². The standard InChI is InChI=1S/C34H37ClN4O3S/c1-7-20-14-15-39(18-20)31-24-17-22(10-13-26(24)38(6)37-31)32-36-25-16-19(2)27(29(33(40)41)42-34(3,4)5)28(30(25)43-32)21-8-11-23(35)12-9-21/h8-13,16-17,20,29H,7,14-15,18H2,1-6H3,(H,40,41)/t20-,29+/m1/s1. The molecule has 0 saturated carbocycles. The van der Waals surface area contributed by atoms with E-state index in [0.717, 1.165) is 67.3 Å². The Morgan fingerprint density at radius 3 is 2.53 bits per heavy atom. The number of rotatable bonds is 7. The summed E-state index contributed by atoms with van der Waals surface area (Å²) in [6.07, 6.45) is 1.22. The molecule has 9 heteroatoms. The van der Waals surface area contributed by atoms with Gasteiger partial charge in [0.25, 0.3) is 0 Å². The zero-order valence-electron chi connectivity index (χ0n) is 25.4. The van der Waals surface area contributed by atoms with Crippen LogP contribution >= 0.6 is 22.9 Å². The minimum absolute atomic E-state index is 0.615. The molecule has 1 N–H and O–H groups in total. The summed E-state index contributed by atoms with van der Waals surface area (Å²) >= 11 is 7.83. The van der Waals surface area contributed by atoms with Gasteiger partial charge in [0, 0.05) is 47.2 Å². The summed E-state index contributed by atoms with van der Waals surface area (Å²) < 4.78 is 9.04. The van der Waals surface area contributed by atoms with Gasteiger partial charge >= 0.3 is 5.97 Å². The number of benzene rings is 3. The van der Waals surface area contributed by atoms with Gasteiger partial charge in [0.1, 0.15) is 5.01 Å². The van der Waals surface area contributed by atoms with E-state index in [1.165, 1.54) is 12.8 Å². The van der Waals surface area contributed by atoms with E-state index in [0.29, 0.717) is 16.5 Å². The van der Waals surface area contributed by atoms with E-state index in [1.807, 2.05) is 69.8 Å². The quantitative estimate of drug-likeness (QED) is 0.197. The predicted molar refractivity (Wildman–Crippen MR) is 176 cm³/mol. The van der Waals surface area contributed by atoms with Gasteiger partial charge in [0.15, 0.2) is 11.9 Å². The maximum atomic E-state index is 12.7. The molecule has 0 bridgehead atoms. The van der Waals surface area contributed by atoms with Crippen molar-refractivity contribution in [3.8, 4) is 21.7 Å². The summed E-state index contributed by atoms with van der Waals surface area (Å²) in [6, 6.07) is 15.9. The van der Waals surface area contributed by atoms with Crippen LogP contribution in [0.25, 0.3) is 42.8 Å². The van der Waals surface area contributed by atoms with Crippen molar-refractivity contribution in [3.05, 3.63) is 64.7 Å². The molecule has 0 radical (unpaired) electrons. The SMILES string of the molecule is CC[C@@H]1CCN(c2nn(C)c3ccc(-c4nc5cc(C)c([C@H](OC(C)(C)C)C(=O)O)c(-c6ccc(Cl)cc6)c5s4)cc23)C1. The van der Waals surface area contributed by atoms with Gasteiger partial charge in [-0.3, -0.25) is 4.68 Å². The molecule has 3 heterocycles. The Labute approximate surface area is 261 Å². The number of thiazole rings is 1. The first-order chi connectivity index (χ1) is 20.4. The molecular weight excluding hydrogens is 580 g/mol. The summed E-state index contributed by atoms with van der Waals surface area (Å²) in [6.45, 7) is 11.9. The zero-order chi connectivity index (χ0) is 30.6. The van der Waals surface area contributed by atoms with E-state index in [1.54, 1.807) is 11.3 Å². The number of halogens is 1. The van der Waals surface area contributed by atoms with Crippen molar-refractivity contribution in [2.45, 2.75) is 59.2 Å². The lowest BCUT2D eigenvalue weighted by atomic mass is 9.91. The van der Waals surface area contributed by atoms with Crippen LogP contribution in [-0.4, -0.2) is 44.5 Å². The van der Waals surface area contributed by atoms with E-state index in [2.05, 4.69) is 30.0 Å². The molecule has 5 aromatic rings. The number of nitrogens with zero attached hydrogens (tertiary/aromatic N) is 4. The molecule has 0 unspecified atom stereocenters. The Balaban J connectivity index is 1.54.